The second kappa shape index (κ2) is 5.39. The number of carboxylic acids is 1. The van der Waals surface area contributed by atoms with Gasteiger partial charge in [0.1, 0.15) is 16.5 Å². The molecule has 0 heterocycles. The van der Waals surface area contributed by atoms with Crippen LogP contribution in [0.1, 0.15) is 20.3 Å². The Hall–Kier alpha value is -0.556. The molecule has 0 aromatic carbocycles. The van der Waals surface area contributed by atoms with Crippen molar-refractivity contribution in [1.29, 1.82) is 0 Å². The molecule has 0 fully saturated rings. The smallest absolute Gasteiger partial charge is 0.333 e. The van der Waals surface area contributed by atoms with Crippen LogP contribution in [0.15, 0.2) is 11.3 Å². The second-order valence-corrected chi connectivity index (χ2v) is 16.4. The average Bonchev–Trinajstić information content (AvgIpc) is 1.97. The number of allylic oxidation sites excluding steroid dienone is 1. The van der Waals surface area contributed by atoms with Gasteiger partial charge in [-0.2, -0.15) is 0 Å². The normalized spacial score (nSPS) is 14.4. The molecule has 0 amide bonds. The van der Waals surface area contributed by atoms with Crippen molar-refractivity contribution in [2.75, 3.05) is 0 Å². The van der Waals surface area contributed by atoms with E-state index in [4.69, 9.17) is 0 Å². The van der Waals surface area contributed by atoms with Crippen LogP contribution in [0.2, 0.25) is 39.3 Å². The minimum atomic E-state index is -1.54. The van der Waals surface area contributed by atoms with Gasteiger partial charge in [-0.25, -0.2) is 4.79 Å². The van der Waals surface area contributed by atoms with Crippen LogP contribution >= 0.6 is 0 Å². The summed E-state index contributed by atoms with van der Waals surface area (Å²) in [6, 6.07) is 0. The number of hydrogen-bond acceptors (Lipinski definition) is 2. The number of nitrogens with zero attached hydrogens (tertiary/aromatic N) is 1. The second-order valence-electron chi connectivity index (χ2n) is 6.40. The fourth-order valence-corrected chi connectivity index (χ4v) is 13.0. The fraction of sp³-hybridized carbons (Fsp3) is 0.750. The third-order valence-electron chi connectivity index (χ3n) is 2.73. The largest absolute Gasteiger partial charge is 0.478 e. The molecule has 0 saturated carbocycles. The number of rotatable bonds is 5. The van der Waals surface area contributed by atoms with E-state index in [2.05, 4.69) is 43.5 Å². The Morgan fingerprint density at radius 3 is 1.59 bits per heavy atom. The highest BCUT2D eigenvalue weighted by Gasteiger charge is 2.35. The Morgan fingerprint density at radius 1 is 1.06 bits per heavy atom. The molecule has 0 aromatic rings. The summed E-state index contributed by atoms with van der Waals surface area (Å²) in [5, 5.41) is 9.27. The van der Waals surface area contributed by atoms with Crippen molar-refractivity contribution < 1.29 is 9.90 Å². The van der Waals surface area contributed by atoms with Gasteiger partial charge in [-0.1, -0.05) is 46.2 Å². The predicted octanol–water partition coefficient (Wildman–Crippen LogP) is 3.73. The van der Waals surface area contributed by atoms with Crippen LogP contribution in [0.25, 0.3) is 0 Å². The van der Waals surface area contributed by atoms with Crippen molar-refractivity contribution >= 4 is 22.4 Å². The lowest BCUT2D eigenvalue weighted by atomic mass is 10.2. The SMILES string of the molecule is CC/C(C(=O)O)=C(\C)N([Si](C)(C)C)[Si](C)(C)C. The molecule has 3 nitrogen and oxygen atoms in total. The Balaban J connectivity index is 5.73. The van der Waals surface area contributed by atoms with E-state index in [1.807, 2.05) is 13.8 Å². The zero-order chi connectivity index (χ0) is 14.0. The minimum absolute atomic E-state index is 0.565. The molecule has 0 bridgehead atoms. The van der Waals surface area contributed by atoms with E-state index in [1.165, 1.54) is 0 Å². The molecule has 0 saturated heterocycles. The van der Waals surface area contributed by atoms with Crippen LogP contribution in [0.5, 0.6) is 0 Å². The van der Waals surface area contributed by atoms with Crippen molar-refractivity contribution in [2.45, 2.75) is 59.6 Å². The highest BCUT2D eigenvalue weighted by Crippen LogP contribution is 2.27. The third kappa shape index (κ3) is 4.31. The van der Waals surface area contributed by atoms with Crippen molar-refractivity contribution in [3.05, 3.63) is 11.3 Å². The summed E-state index contributed by atoms with van der Waals surface area (Å²) >= 11 is 0. The molecule has 17 heavy (non-hydrogen) atoms. The van der Waals surface area contributed by atoms with Gasteiger partial charge in [-0.15, -0.1) is 0 Å². The first kappa shape index (κ1) is 16.4. The molecule has 0 aliphatic rings. The summed E-state index contributed by atoms with van der Waals surface area (Å²) in [7, 11) is -3.07. The summed E-state index contributed by atoms with van der Waals surface area (Å²) < 4.78 is 2.47. The number of carboxylic acid groups (broad SMARTS) is 1. The maximum Gasteiger partial charge on any atom is 0.333 e. The van der Waals surface area contributed by atoms with Gasteiger partial charge in [-0.3, -0.25) is 0 Å². The van der Waals surface area contributed by atoms with E-state index in [9.17, 15) is 9.90 Å². The lowest BCUT2D eigenvalue weighted by molar-refractivity contribution is -0.132. The van der Waals surface area contributed by atoms with Gasteiger partial charge in [0.05, 0.1) is 5.57 Å². The van der Waals surface area contributed by atoms with Gasteiger partial charge in [0.25, 0.3) is 0 Å². The molecule has 0 unspecified atom stereocenters. The first-order chi connectivity index (χ1) is 7.42. The molecular formula is C12H27NO2Si2. The molecule has 0 spiro atoms. The number of hydrogen-bond donors (Lipinski definition) is 1. The summed E-state index contributed by atoms with van der Waals surface area (Å²) in [5.41, 5.74) is 1.55. The molecule has 1 N–H and O–H groups in total. The fourth-order valence-electron chi connectivity index (χ4n) is 2.71. The molecule has 0 radical (unpaired) electrons. The molecule has 0 aromatic heterocycles. The number of carbonyl (C=O) groups is 1. The van der Waals surface area contributed by atoms with E-state index < -0.39 is 22.4 Å². The standard InChI is InChI=1S/C12H27NO2Si2/c1-9-11(12(14)15)10(2)13(16(3,4)5)17(6,7)8/h9H2,1-8H3,(H,14,15)/b11-10-. The third-order valence-corrected chi connectivity index (χ3v) is 10.1. The highest BCUT2D eigenvalue weighted by atomic mass is 28.4. The van der Waals surface area contributed by atoms with Gasteiger partial charge in [-0.05, 0) is 13.3 Å². The molecule has 0 aliphatic carbocycles. The van der Waals surface area contributed by atoms with E-state index >= 15 is 0 Å². The van der Waals surface area contributed by atoms with Crippen molar-refractivity contribution in [1.82, 2.24) is 4.23 Å². The van der Waals surface area contributed by atoms with Crippen LogP contribution in [0.3, 0.4) is 0 Å². The first-order valence-electron chi connectivity index (χ1n) is 6.16. The Labute approximate surface area is 108 Å². The lowest BCUT2D eigenvalue weighted by Gasteiger charge is -2.47. The van der Waals surface area contributed by atoms with E-state index in [0.717, 1.165) is 5.70 Å². The molecule has 0 rings (SSSR count). The predicted molar refractivity (Wildman–Crippen MR) is 79.2 cm³/mol. The van der Waals surface area contributed by atoms with Crippen LogP contribution in [-0.4, -0.2) is 31.8 Å². The zero-order valence-corrected chi connectivity index (χ0v) is 14.5. The summed E-state index contributed by atoms with van der Waals surface area (Å²) in [4.78, 5) is 11.3. The highest BCUT2D eigenvalue weighted by molar-refractivity contribution is 6.90. The minimum Gasteiger partial charge on any atom is -0.478 e. The van der Waals surface area contributed by atoms with Gasteiger partial charge in [0.15, 0.2) is 0 Å². The topological polar surface area (TPSA) is 40.5 Å². The lowest BCUT2D eigenvalue weighted by Crippen LogP contribution is -2.58. The maximum absolute atomic E-state index is 11.3. The monoisotopic (exact) mass is 273 g/mol. The first-order valence-corrected chi connectivity index (χ1v) is 13.1. The summed E-state index contributed by atoms with van der Waals surface area (Å²) in [6.07, 6.45) is 0.590. The van der Waals surface area contributed by atoms with E-state index in [1.54, 1.807) is 0 Å². The number of aliphatic carboxylic acids is 1. The van der Waals surface area contributed by atoms with Crippen molar-refractivity contribution in [3.8, 4) is 0 Å². The van der Waals surface area contributed by atoms with Crippen LogP contribution in [0, 0.1) is 0 Å². The summed E-state index contributed by atoms with van der Waals surface area (Å²) in [5.74, 6) is -0.772. The zero-order valence-electron chi connectivity index (χ0n) is 12.5. The Morgan fingerprint density at radius 2 is 1.41 bits per heavy atom. The molecular weight excluding hydrogens is 246 g/mol. The molecule has 100 valence electrons. The van der Waals surface area contributed by atoms with Gasteiger partial charge in [0.2, 0.25) is 0 Å². The Kier molecular flexibility index (Phi) is 5.22. The van der Waals surface area contributed by atoms with Gasteiger partial charge in [0, 0.05) is 5.70 Å². The molecule has 0 aliphatic heterocycles. The summed E-state index contributed by atoms with van der Waals surface area (Å²) in [6.45, 7) is 17.6. The maximum atomic E-state index is 11.3. The molecule has 5 heteroatoms. The van der Waals surface area contributed by atoms with Crippen molar-refractivity contribution in [3.63, 3.8) is 0 Å². The van der Waals surface area contributed by atoms with Gasteiger partial charge >= 0.3 is 5.97 Å². The van der Waals surface area contributed by atoms with E-state index in [-0.39, 0.29) is 0 Å². The molecule has 0 atom stereocenters. The quantitative estimate of drug-likeness (QED) is 0.613. The van der Waals surface area contributed by atoms with Crippen LogP contribution < -0.4 is 0 Å². The van der Waals surface area contributed by atoms with E-state index in [0.29, 0.717) is 12.0 Å². The van der Waals surface area contributed by atoms with Crippen molar-refractivity contribution in [2.24, 2.45) is 0 Å². The van der Waals surface area contributed by atoms with Crippen LogP contribution in [0.4, 0.5) is 0 Å². The Bertz CT molecular complexity index is 310. The average molecular weight is 274 g/mol. The van der Waals surface area contributed by atoms with Gasteiger partial charge < -0.3 is 9.34 Å². The van der Waals surface area contributed by atoms with Crippen LogP contribution in [-0.2, 0) is 4.79 Å².